The summed E-state index contributed by atoms with van der Waals surface area (Å²) in [7, 11) is 0. The molecule has 0 aromatic carbocycles. The molecule has 0 unspecified atom stereocenters. The molecule has 0 radical (unpaired) electrons. The molecule has 0 amide bonds. The predicted octanol–water partition coefficient (Wildman–Crippen LogP) is 0.492. The summed E-state index contributed by atoms with van der Waals surface area (Å²) in [5, 5.41) is 0. The maximum absolute atomic E-state index is 10.7. The molecule has 0 atom stereocenters. The van der Waals surface area contributed by atoms with E-state index in [-0.39, 0.29) is 6.08 Å². The summed E-state index contributed by atoms with van der Waals surface area (Å²) in [6.45, 7) is 2.80. The van der Waals surface area contributed by atoms with Gasteiger partial charge in [0.25, 0.3) is 0 Å². The average Bonchev–Trinajstić information content (AvgIpc) is 2.40. The van der Waals surface area contributed by atoms with Crippen LogP contribution in [0.3, 0.4) is 0 Å². The number of allylic oxidation sites excluding steroid dienone is 1. The van der Waals surface area contributed by atoms with Gasteiger partial charge in [0.15, 0.2) is 0 Å². The second kappa shape index (κ2) is 3.75. The second-order valence-electron chi connectivity index (χ2n) is 1.92. The number of rotatable bonds is 1. The lowest BCUT2D eigenvalue weighted by molar-refractivity contribution is -0.131. The number of esters is 1. The molecule has 60 valence electrons. The number of aliphatic imine (C=N–C) groups is 1. The number of hydrogen-bond acceptors (Lipinski definition) is 4. The Morgan fingerprint density at radius 3 is 3.18 bits per heavy atom. The molecule has 0 spiro atoms. The zero-order chi connectivity index (χ0) is 8.10. The van der Waals surface area contributed by atoms with E-state index in [0.29, 0.717) is 13.2 Å². The zero-order valence-electron chi connectivity index (χ0n) is 6.24. The Hall–Kier alpha value is -1.32. The van der Waals surface area contributed by atoms with Crippen LogP contribution in [0, 0.1) is 0 Å². The van der Waals surface area contributed by atoms with Crippen LogP contribution in [-0.2, 0) is 14.3 Å². The van der Waals surface area contributed by atoms with Gasteiger partial charge in [-0.1, -0.05) is 6.08 Å². The summed E-state index contributed by atoms with van der Waals surface area (Å²) in [6.07, 6.45) is 2.98. The molecule has 0 aromatic heterocycles. The number of ether oxygens (including phenoxy) is 2. The molecule has 1 aliphatic heterocycles. The van der Waals surface area contributed by atoms with E-state index in [1.165, 1.54) is 6.08 Å². The van der Waals surface area contributed by atoms with E-state index in [0.717, 1.165) is 0 Å². The maximum atomic E-state index is 10.7. The first-order valence-electron chi connectivity index (χ1n) is 3.34. The standard InChI is InChI=1S/C7H9NO3/c1-2-3-6(9)11-7-8-4-5-10-7/h2-3H,4-5H2,1H3/b3-2+. The maximum Gasteiger partial charge on any atom is 0.391 e. The molecule has 0 aliphatic carbocycles. The van der Waals surface area contributed by atoms with Crippen LogP contribution in [0.2, 0.25) is 0 Å². The van der Waals surface area contributed by atoms with Crippen LogP contribution < -0.4 is 0 Å². The van der Waals surface area contributed by atoms with Gasteiger partial charge in [-0.25, -0.2) is 9.79 Å². The van der Waals surface area contributed by atoms with E-state index in [2.05, 4.69) is 9.73 Å². The normalized spacial score (nSPS) is 16.3. The van der Waals surface area contributed by atoms with Crippen LogP contribution in [-0.4, -0.2) is 25.2 Å². The molecule has 0 bridgehead atoms. The van der Waals surface area contributed by atoms with Crippen molar-refractivity contribution in [1.29, 1.82) is 0 Å². The first-order valence-corrected chi connectivity index (χ1v) is 3.34. The lowest BCUT2D eigenvalue weighted by Gasteiger charge is -1.97. The number of nitrogens with zero attached hydrogens (tertiary/aromatic N) is 1. The van der Waals surface area contributed by atoms with Crippen LogP contribution in [0.15, 0.2) is 17.1 Å². The Morgan fingerprint density at radius 2 is 2.64 bits per heavy atom. The minimum absolute atomic E-state index is 0.0769. The lowest BCUT2D eigenvalue weighted by Crippen LogP contribution is -2.09. The SMILES string of the molecule is C/C=C/C(=O)OC1=NCCO1. The molecule has 1 heterocycles. The van der Waals surface area contributed by atoms with Crippen molar-refractivity contribution in [2.24, 2.45) is 4.99 Å². The third kappa shape index (κ3) is 2.41. The minimum Gasteiger partial charge on any atom is -0.448 e. The smallest absolute Gasteiger partial charge is 0.391 e. The Balaban J connectivity index is 2.35. The molecule has 0 N–H and O–H groups in total. The van der Waals surface area contributed by atoms with Crippen molar-refractivity contribution >= 4 is 12.1 Å². The van der Waals surface area contributed by atoms with E-state index in [1.54, 1.807) is 13.0 Å². The zero-order valence-corrected chi connectivity index (χ0v) is 6.24. The summed E-state index contributed by atoms with van der Waals surface area (Å²) in [5.74, 6) is -0.451. The molecule has 0 saturated heterocycles. The molecule has 4 nitrogen and oxygen atoms in total. The highest BCUT2D eigenvalue weighted by Gasteiger charge is 2.10. The summed E-state index contributed by atoms with van der Waals surface area (Å²) in [6, 6.07) is 0. The highest BCUT2D eigenvalue weighted by atomic mass is 16.7. The number of carbonyl (C=O) groups is 1. The fourth-order valence-electron chi connectivity index (χ4n) is 0.633. The Labute approximate surface area is 64.5 Å². The summed E-state index contributed by atoms with van der Waals surface area (Å²) in [5.41, 5.74) is 0. The van der Waals surface area contributed by atoms with Crippen molar-refractivity contribution in [3.05, 3.63) is 12.2 Å². The monoisotopic (exact) mass is 155 g/mol. The molecular formula is C7H9NO3. The number of carbonyl (C=O) groups excluding carboxylic acids is 1. The fourth-order valence-corrected chi connectivity index (χ4v) is 0.633. The fraction of sp³-hybridized carbons (Fsp3) is 0.429. The van der Waals surface area contributed by atoms with Crippen LogP contribution in [0.5, 0.6) is 0 Å². The lowest BCUT2D eigenvalue weighted by atomic mass is 10.5. The highest BCUT2D eigenvalue weighted by Crippen LogP contribution is 1.96. The van der Waals surface area contributed by atoms with E-state index in [9.17, 15) is 4.79 Å². The van der Waals surface area contributed by atoms with Crippen molar-refractivity contribution in [2.75, 3.05) is 13.2 Å². The number of hydrogen-bond donors (Lipinski definition) is 0. The van der Waals surface area contributed by atoms with Crippen molar-refractivity contribution in [3.63, 3.8) is 0 Å². The Bertz CT molecular complexity index is 208. The second-order valence-corrected chi connectivity index (χ2v) is 1.92. The van der Waals surface area contributed by atoms with Crippen LogP contribution in [0.4, 0.5) is 0 Å². The van der Waals surface area contributed by atoms with E-state index >= 15 is 0 Å². The van der Waals surface area contributed by atoms with Gasteiger partial charge in [-0.05, 0) is 6.92 Å². The average molecular weight is 155 g/mol. The van der Waals surface area contributed by atoms with Gasteiger partial charge in [0.05, 0.1) is 6.54 Å². The van der Waals surface area contributed by atoms with Gasteiger partial charge >= 0.3 is 12.1 Å². The van der Waals surface area contributed by atoms with Gasteiger partial charge in [0.1, 0.15) is 6.61 Å². The first kappa shape index (κ1) is 7.78. The Kier molecular flexibility index (Phi) is 2.66. The van der Waals surface area contributed by atoms with Crippen molar-refractivity contribution in [2.45, 2.75) is 6.92 Å². The van der Waals surface area contributed by atoms with Crippen molar-refractivity contribution < 1.29 is 14.3 Å². The molecule has 1 rings (SSSR count). The van der Waals surface area contributed by atoms with Gasteiger partial charge in [0.2, 0.25) is 0 Å². The predicted molar refractivity (Wildman–Crippen MR) is 39.2 cm³/mol. The summed E-state index contributed by atoms with van der Waals surface area (Å²) >= 11 is 0. The van der Waals surface area contributed by atoms with Crippen LogP contribution in [0.25, 0.3) is 0 Å². The van der Waals surface area contributed by atoms with Gasteiger partial charge in [-0.2, -0.15) is 0 Å². The molecule has 0 fully saturated rings. The van der Waals surface area contributed by atoms with Crippen LogP contribution >= 0.6 is 0 Å². The van der Waals surface area contributed by atoms with E-state index in [1.807, 2.05) is 0 Å². The molecule has 0 aromatic rings. The Morgan fingerprint density at radius 1 is 1.82 bits per heavy atom. The van der Waals surface area contributed by atoms with Crippen LogP contribution in [0.1, 0.15) is 6.92 Å². The summed E-state index contributed by atoms with van der Waals surface area (Å²) < 4.78 is 9.50. The van der Waals surface area contributed by atoms with Crippen molar-refractivity contribution in [1.82, 2.24) is 0 Å². The molecule has 0 saturated carbocycles. The third-order valence-electron chi connectivity index (χ3n) is 1.05. The summed E-state index contributed by atoms with van der Waals surface area (Å²) in [4.78, 5) is 14.5. The third-order valence-corrected chi connectivity index (χ3v) is 1.05. The molecule has 4 heteroatoms. The van der Waals surface area contributed by atoms with Gasteiger partial charge in [-0.3, -0.25) is 0 Å². The van der Waals surface area contributed by atoms with Gasteiger partial charge < -0.3 is 9.47 Å². The highest BCUT2D eigenvalue weighted by molar-refractivity contribution is 5.91. The molecule has 1 aliphatic rings. The van der Waals surface area contributed by atoms with Gasteiger partial charge in [-0.15, -0.1) is 0 Å². The minimum atomic E-state index is -0.451. The topological polar surface area (TPSA) is 47.9 Å². The molecule has 11 heavy (non-hydrogen) atoms. The molecular weight excluding hydrogens is 146 g/mol. The van der Waals surface area contributed by atoms with Crippen molar-refractivity contribution in [3.8, 4) is 0 Å². The van der Waals surface area contributed by atoms with E-state index in [4.69, 9.17) is 4.74 Å². The van der Waals surface area contributed by atoms with E-state index < -0.39 is 5.97 Å². The van der Waals surface area contributed by atoms with Gasteiger partial charge in [0, 0.05) is 6.08 Å². The first-order chi connectivity index (χ1) is 5.33. The quantitative estimate of drug-likeness (QED) is 0.409. The largest absolute Gasteiger partial charge is 0.448 e.